The number of pyridine rings is 1. The first kappa shape index (κ1) is 12.8. The zero-order valence-corrected chi connectivity index (χ0v) is 11.2. The molecule has 0 radical (unpaired) electrons. The molecule has 102 valence electrons. The number of rotatable bonds is 2. The molecule has 0 bridgehead atoms. The number of aliphatic hydroxyl groups excluding tert-OH is 1. The van der Waals surface area contributed by atoms with Gasteiger partial charge in [0.15, 0.2) is 0 Å². The minimum absolute atomic E-state index is 0.207. The van der Waals surface area contributed by atoms with Gasteiger partial charge in [-0.3, -0.25) is 9.78 Å². The molecule has 0 saturated carbocycles. The topological polar surface area (TPSA) is 62.2 Å². The molecule has 3 rings (SSSR count). The number of aryl methyl sites for hydroxylation is 1. The van der Waals surface area contributed by atoms with E-state index in [1.54, 1.807) is 12.3 Å². The van der Waals surface area contributed by atoms with Crippen molar-refractivity contribution in [2.24, 2.45) is 0 Å². The minimum Gasteiger partial charge on any atom is -0.390 e. The molecule has 1 aliphatic rings. The normalized spacial score (nSPS) is 20.5. The maximum Gasteiger partial charge on any atom is 0.253 e. The van der Waals surface area contributed by atoms with Crippen LogP contribution < -0.4 is 5.32 Å². The summed E-state index contributed by atoms with van der Waals surface area (Å²) >= 11 is 0. The third-order valence-corrected chi connectivity index (χ3v) is 3.63. The van der Waals surface area contributed by atoms with Gasteiger partial charge in [-0.25, -0.2) is 0 Å². The van der Waals surface area contributed by atoms with Crippen LogP contribution in [0.5, 0.6) is 0 Å². The zero-order chi connectivity index (χ0) is 14.1. The smallest absolute Gasteiger partial charge is 0.253 e. The second-order valence-corrected chi connectivity index (χ2v) is 5.17. The van der Waals surface area contributed by atoms with E-state index in [-0.39, 0.29) is 11.9 Å². The highest BCUT2D eigenvalue weighted by Crippen LogP contribution is 2.31. The van der Waals surface area contributed by atoms with Gasteiger partial charge in [-0.15, -0.1) is 0 Å². The first-order chi connectivity index (χ1) is 9.65. The van der Waals surface area contributed by atoms with Crippen LogP contribution in [0.2, 0.25) is 0 Å². The van der Waals surface area contributed by atoms with Crippen LogP contribution in [0.1, 0.15) is 33.1 Å². The van der Waals surface area contributed by atoms with Gasteiger partial charge in [0.2, 0.25) is 0 Å². The van der Waals surface area contributed by atoms with Gasteiger partial charge >= 0.3 is 0 Å². The molecule has 1 aliphatic carbocycles. The van der Waals surface area contributed by atoms with Crippen LogP contribution in [-0.4, -0.2) is 22.1 Å². The quantitative estimate of drug-likeness (QED) is 0.872. The second-order valence-electron chi connectivity index (χ2n) is 5.17. The molecule has 1 aromatic heterocycles. The summed E-state index contributed by atoms with van der Waals surface area (Å²) in [6, 6.07) is 9.24. The number of hydrogen-bond donors (Lipinski definition) is 2. The number of fused-ring (bicyclic) bond motifs is 1. The third kappa shape index (κ3) is 2.30. The molecule has 0 fully saturated rings. The van der Waals surface area contributed by atoms with E-state index in [0.717, 1.165) is 16.7 Å². The number of hydrogen-bond acceptors (Lipinski definition) is 3. The lowest BCUT2D eigenvalue weighted by atomic mass is 10.1. The number of aliphatic hydroxyl groups is 1. The molecule has 1 heterocycles. The van der Waals surface area contributed by atoms with E-state index in [9.17, 15) is 9.90 Å². The summed E-state index contributed by atoms with van der Waals surface area (Å²) in [7, 11) is 0. The van der Waals surface area contributed by atoms with Crippen LogP contribution >= 0.6 is 0 Å². The first-order valence-corrected chi connectivity index (χ1v) is 6.63. The fourth-order valence-corrected chi connectivity index (χ4v) is 2.65. The lowest BCUT2D eigenvalue weighted by molar-refractivity contribution is 0.0857. The molecule has 1 amide bonds. The number of nitrogens with one attached hydrogen (secondary N) is 1. The molecule has 1 aromatic carbocycles. The predicted octanol–water partition coefficient (Wildman–Crippen LogP) is 1.78. The van der Waals surface area contributed by atoms with Gasteiger partial charge in [0.05, 0.1) is 17.7 Å². The molecule has 2 aromatic rings. The maximum atomic E-state index is 12.2. The highest BCUT2D eigenvalue weighted by molar-refractivity contribution is 5.94. The van der Waals surface area contributed by atoms with Crippen LogP contribution in [-0.2, 0) is 6.42 Å². The Balaban J connectivity index is 1.83. The van der Waals surface area contributed by atoms with Crippen molar-refractivity contribution in [3.05, 3.63) is 65.0 Å². The Kier molecular flexibility index (Phi) is 3.24. The van der Waals surface area contributed by atoms with Crippen molar-refractivity contribution < 1.29 is 9.90 Å². The summed E-state index contributed by atoms with van der Waals surface area (Å²) in [5.41, 5.74) is 3.54. The van der Waals surface area contributed by atoms with Gasteiger partial charge < -0.3 is 10.4 Å². The fraction of sp³-hybridized carbons (Fsp3) is 0.250. The summed E-state index contributed by atoms with van der Waals surface area (Å²) in [6.07, 6.45) is 3.24. The maximum absolute atomic E-state index is 12.2. The van der Waals surface area contributed by atoms with Crippen LogP contribution in [0.25, 0.3) is 0 Å². The van der Waals surface area contributed by atoms with Crippen molar-refractivity contribution >= 4 is 5.91 Å². The summed E-state index contributed by atoms with van der Waals surface area (Å²) < 4.78 is 0. The van der Waals surface area contributed by atoms with E-state index >= 15 is 0 Å². The average Bonchev–Trinajstić information content (AvgIpc) is 2.75. The Bertz CT molecular complexity index is 654. The highest BCUT2D eigenvalue weighted by Gasteiger charge is 2.32. The SMILES string of the molecule is Cc1cncc(C(=O)N[C@H]2c3ccccc3C[C@H]2O)c1. The van der Waals surface area contributed by atoms with Crippen molar-refractivity contribution in [2.75, 3.05) is 0 Å². The number of amides is 1. The Morgan fingerprint density at radius 3 is 2.95 bits per heavy atom. The molecule has 0 aliphatic heterocycles. The fourth-order valence-electron chi connectivity index (χ4n) is 2.65. The predicted molar refractivity (Wildman–Crippen MR) is 75.3 cm³/mol. The van der Waals surface area contributed by atoms with E-state index in [2.05, 4.69) is 10.3 Å². The molecule has 2 atom stereocenters. The Hall–Kier alpha value is -2.20. The van der Waals surface area contributed by atoms with Gasteiger partial charge in [0.1, 0.15) is 0 Å². The Morgan fingerprint density at radius 1 is 1.35 bits per heavy atom. The van der Waals surface area contributed by atoms with E-state index < -0.39 is 6.10 Å². The standard InChI is InChI=1S/C16H16N2O2/c1-10-6-12(9-17-8-10)16(20)18-15-13-5-3-2-4-11(13)7-14(15)19/h2-6,8-9,14-15,19H,7H2,1H3,(H,18,20)/t14-,15+/m1/s1. The zero-order valence-electron chi connectivity index (χ0n) is 11.2. The second kappa shape index (κ2) is 5.06. The molecule has 0 unspecified atom stereocenters. The van der Waals surface area contributed by atoms with Gasteiger partial charge in [-0.1, -0.05) is 24.3 Å². The van der Waals surface area contributed by atoms with Crippen molar-refractivity contribution in [1.82, 2.24) is 10.3 Å². The van der Waals surface area contributed by atoms with E-state index in [1.807, 2.05) is 31.2 Å². The highest BCUT2D eigenvalue weighted by atomic mass is 16.3. The van der Waals surface area contributed by atoms with Crippen LogP contribution in [0.15, 0.2) is 42.7 Å². The lowest BCUT2D eigenvalue weighted by Gasteiger charge is -2.18. The van der Waals surface area contributed by atoms with Crippen molar-refractivity contribution in [3.8, 4) is 0 Å². The van der Waals surface area contributed by atoms with Crippen LogP contribution in [0.3, 0.4) is 0 Å². The first-order valence-electron chi connectivity index (χ1n) is 6.63. The Morgan fingerprint density at radius 2 is 2.15 bits per heavy atom. The number of aromatic nitrogens is 1. The summed E-state index contributed by atoms with van der Waals surface area (Å²) in [5, 5.41) is 13.0. The summed E-state index contributed by atoms with van der Waals surface area (Å²) in [5.74, 6) is -0.207. The number of carbonyl (C=O) groups excluding carboxylic acids is 1. The molecule has 20 heavy (non-hydrogen) atoms. The van der Waals surface area contributed by atoms with E-state index in [4.69, 9.17) is 0 Å². The molecule has 2 N–H and O–H groups in total. The van der Waals surface area contributed by atoms with Crippen LogP contribution in [0, 0.1) is 6.92 Å². The monoisotopic (exact) mass is 268 g/mol. The van der Waals surface area contributed by atoms with Crippen LogP contribution in [0.4, 0.5) is 0 Å². The number of benzene rings is 1. The van der Waals surface area contributed by atoms with Crippen molar-refractivity contribution in [2.45, 2.75) is 25.5 Å². The number of carbonyl (C=O) groups is 1. The molecular weight excluding hydrogens is 252 g/mol. The van der Waals surface area contributed by atoms with Crippen molar-refractivity contribution in [1.29, 1.82) is 0 Å². The summed E-state index contributed by atoms with van der Waals surface area (Å²) in [4.78, 5) is 16.3. The largest absolute Gasteiger partial charge is 0.390 e. The van der Waals surface area contributed by atoms with Gasteiger partial charge in [0.25, 0.3) is 5.91 Å². The lowest BCUT2D eigenvalue weighted by Crippen LogP contribution is -2.33. The third-order valence-electron chi connectivity index (χ3n) is 3.63. The van der Waals surface area contributed by atoms with E-state index in [1.165, 1.54) is 6.20 Å². The number of nitrogens with zero attached hydrogens (tertiary/aromatic N) is 1. The Labute approximate surface area is 117 Å². The average molecular weight is 268 g/mol. The van der Waals surface area contributed by atoms with Gasteiger partial charge in [-0.2, -0.15) is 0 Å². The minimum atomic E-state index is -0.575. The molecular formula is C16H16N2O2. The van der Waals surface area contributed by atoms with E-state index in [0.29, 0.717) is 12.0 Å². The molecule has 4 heteroatoms. The molecule has 4 nitrogen and oxygen atoms in total. The molecule has 0 spiro atoms. The summed E-state index contributed by atoms with van der Waals surface area (Å²) in [6.45, 7) is 1.89. The van der Waals surface area contributed by atoms with Gasteiger partial charge in [-0.05, 0) is 29.7 Å². The molecule has 0 saturated heterocycles. The van der Waals surface area contributed by atoms with Crippen molar-refractivity contribution in [3.63, 3.8) is 0 Å². The van der Waals surface area contributed by atoms with Gasteiger partial charge in [0, 0.05) is 18.8 Å².